The summed E-state index contributed by atoms with van der Waals surface area (Å²) in [5.41, 5.74) is 4.47. The Morgan fingerprint density at radius 2 is 1.86 bits per heavy atom. The number of aromatic nitrogens is 2. The van der Waals surface area contributed by atoms with Crippen LogP contribution >= 0.6 is 11.6 Å². The number of benzene rings is 2. The van der Waals surface area contributed by atoms with Crippen LogP contribution in [0.25, 0.3) is 16.9 Å². The minimum atomic E-state index is -0.0443. The zero-order chi connectivity index (χ0) is 30.2. The molecule has 0 unspecified atom stereocenters. The molecule has 0 saturated carbocycles. The molecule has 0 aliphatic carbocycles. The van der Waals surface area contributed by atoms with E-state index in [2.05, 4.69) is 9.89 Å². The van der Waals surface area contributed by atoms with E-state index in [0.29, 0.717) is 41.7 Å². The smallest absolute Gasteiger partial charge is 0.274 e. The van der Waals surface area contributed by atoms with Gasteiger partial charge in [0.15, 0.2) is 5.69 Å². The van der Waals surface area contributed by atoms with Gasteiger partial charge in [0.2, 0.25) is 0 Å². The number of pyridine rings is 1. The topological polar surface area (TPSA) is 82.8 Å². The van der Waals surface area contributed by atoms with Gasteiger partial charge in [-0.15, -0.1) is 0 Å². The zero-order valence-electron chi connectivity index (χ0n) is 24.8. The van der Waals surface area contributed by atoms with Gasteiger partial charge in [-0.3, -0.25) is 23.9 Å². The number of carbonyl (C=O) groups excluding carboxylic acids is 2. The molecule has 2 aromatic carbocycles. The highest BCUT2D eigenvalue weighted by atomic mass is 35.5. The lowest BCUT2D eigenvalue weighted by atomic mass is 10.1. The lowest BCUT2D eigenvalue weighted by Gasteiger charge is -2.34. The fourth-order valence-corrected chi connectivity index (χ4v) is 6.55. The molecular weight excluding hydrogens is 576 g/mol. The third-order valence-electron chi connectivity index (χ3n) is 8.86. The lowest BCUT2D eigenvalue weighted by molar-refractivity contribution is 0.0627. The van der Waals surface area contributed by atoms with Gasteiger partial charge in [0.1, 0.15) is 11.6 Å². The number of imidazole rings is 1. The maximum atomic E-state index is 13.6. The predicted octanol–water partition coefficient (Wildman–Crippen LogP) is 5.51. The molecule has 2 saturated heterocycles. The van der Waals surface area contributed by atoms with Crippen molar-refractivity contribution in [2.75, 3.05) is 45.9 Å². The van der Waals surface area contributed by atoms with E-state index in [1.807, 2.05) is 88.1 Å². The van der Waals surface area contributed by atoms with Crippen LogP contribution in [0.5, 0.6) is 5.75 Å². The number of piperazine rings is 1. The molecule has 10 heteroatoms. The van der Waals surface area contributed by atoms with Crippen molar-refractivity contribution in [3.63, 3.8) is 0 Å². The number of halogens is 1. The molecular formula is C34H35ClN6O3. The second kappa shape index (κ2) is 12.1. The predicted molar refractivity (Wildman–Crippen MR) is 171 cm³/mol. The molecule has 5 heterocycles. The van der Waals surface area contributed by atoms with Crippen LogP contribution in [0.4, 0.5) is 5.69 Å². The second-order valence-corrected chi connectivity index (χ2v) is 12.1. The summed E-state index contributed by atoms with van der Waals surface area (Å²) >= 11 is 6.09. The van der Waals surface area contributed by atoms with Crippen molar-refractivity contribution in [2.24, 2.45) is 4.99 Å². The minimum Gasteiger partial charge on any atom is -0.493 e. The van der Waals surface area contributed by atoms with Gasteiger partial charge < -0.3 is 14.5 Å². The van der Waals surface area contributed by atoms with Crippen molar-refractivity contribution in [3.05, 3.63) is 82.6 Å². The first-order chi connectivity index (χ1) is 21.5. The normalized spacial score (nSPS) is 18.4. The van der Waals surface area contributed by atoms with Crippen molar-refractivity contribution in [3.8, 4) is 17.1 Å². The number of fused-ring (bicyclic) bond motifs is 3. The third kappa shape index (κ3) is 5.46. The Bertz CT molecular complexity index is 1740. The summed E-state index contributed by atoms with van der Waals surface area (Å²) in [6.45, 7) is 7.12. The molecule has 0 bridgehead atoms. The monoisotopic (exact) mass is 610 g/mol. The number of amides is 2. The van der Waals surface area contributed by atoms with Crippen molar-refractivity contribution < 1.29 is 14.3 Å². The van der Waals surface area contributed by atoms with Crippen LogP contribution in [0.2, 0.25) is 5.02 Å². The van der Waals surface area contributed by atoms with Crippen LogP contribution in [0.3, 0.4) is 0 Å². The summed E-state index contributed by atoms with van der Waals surface area (Å²) in [6, 6.07) is 17.3. The van der Waals surface area contributed by atoms with E-state index in [4.69, 9.17) is 21.3 Å². The number of ether oxygens (including phenoxy) is 1. The van der Waals surface area contributed by atoms with Crippen LogP contribution in [0.15, 0.2) is 65.8 Å². The first-order valence-corrected chi connectivity index (χ1v) is 15.7. The molecule has 0 radical (unpaired) electrons. The van der Waals surface area contributed by atoms with Crippen LogP contribution in [-0.4, -0.2) is 94.0 Å². The average molecular weight is 611 g/mol. The van der Waals surface area contributed by atoms with Crippen molar-refractivity contribution in [1.29, 1.82) is 0 Å². The number of carbonyl (C=O) groups is 2. The van der Waals surface area contributed by atoms with Gasteiger partial charge in [-0.2, -0.15) is 0 Å². The number of aryl methyl sites for hydroxylation is 1. The minimum absolute atomic E-state index is 0.0443. The third-order valence-corrected chi connectivity index (χ3v) is 9.11. The molecule has 9 nitrogen and oxygen atoms in total. The summed E-state index contributed by atoms with van der Waals surface area (Å²) in [7, 11) is 0. The number of rotatable bonds is 7. The Morgan fingerprint density at radius 3 is 2.68 bits per heavy atom. The molecule has 4 aromatic rings. The van der Waals surface area contributed by atoms with Crippen LogP contribution in [0.1, 0.15) is 45.7 Å². The highest BCUT2D eigenvalue weighted by Gasteiger charge is 2.32. The fraction of sp³-hybridized carbons (Fsp3) is 0.353. The lowest BCUT2D eigenvalue weighted by Crippen LogP contribution is -2.49. The molecule has 1 atom stereocenters. The van der Waals surface area contributed by atoms with E-state index in [9.17, 15) is 9.59 Å². The molecule has 226 valence electrons. The molecule has 3 aliphatic rings. The number of nitrogens with zero attached hydrogens (tertiary/aromatic N) is 6. The summed E-state index contributed by atoms with van der Waals surface area (Å²) < 4.78 is 8.12. The summed E-state index contributed by atoms with van der Waals surface area (Å²) in [5.74, 6) is 1.52. The number of aliphatic imine (C=N–C) groups is 1. The highest BCUT2D eigenvalue weighted by molar-refractivity contribution is 6.30. The highest BCUT2D eigenvalue weighted by Crippen LogP contribution is 2.34. The van der Waals surface area contributed by atoms with Gasteiger partial charge in [0.25, 0.3) is 11.8 Å². The molecule has 0 N–H and O–H groups in total. The van der Waals surface area contributed by atoms with Crippen LogP contribution in [0, 0.1) is 6.92 Å². The zero-order valence-corrected chi connectivity index (χ0v) is 25.5. The molecule has 0 spiro atoms. The van der Waals surface area contributed by atoms with Crippen LogP contribution in [-0.2, 0) is 0 Å². The van der Waals surface area contributed by atoms with Crippen molar-refractivity contribution in [1.82, 2.24) is 24.1 Å². The standard InChI is InChI=1S/C34H35ClN6O3/c1-23-20-27-28(36-22-26-6-4-14-40(26)33(27)42)21-30(23)44-19-5-12-38-15-17-39(18-16-38)34(43)31-29-7-2-3-13-41(29)32(37-31)24-8-10-25(35)11-9-24/h2-3,7-11,13,20-22,26H,4-6,12,14-19H2,1H3/t26-/m0/s1. The summed E-state index contributed by atoms with van der Waals surface area (Å²) in [5, 5.41) is 0.659. The first kappa shape index (κ1) is 28.6. The van der Waals surface area contributed by atoms with Crippen molar-refractivity contribution >= 4 is 40.8 Å². The largest absolute Gasteiger partial charge is 0.493 e. The van der Waals surface area contributed by atoms with Gasteiger partial charge in [-0.25, -0.2) is 4.98 Å². The Labute approximate surface area is 261 Å². The average Bonchev–Trinajstić information content (AvgIpc) is 3.65. The maximum absolute atomic E-state index is 13.6. The fourth-order valence-electron chi connectivity index (χ4n) is 6.42. The number of hydrogen-bond donors (Lipinski definition) is 0. The molecule has 44 heavy (non-hydrogen) atoms. The number of hydrogen-bond acceptors (Lipinski definition) is 6. The van der Waals surface area contributed by atoms with Gasteiger partial charge in [-0.05, 0) is 74.2 Å². The molecule has 2 fully saturated rings. The Morgan fingerprint density at radius 1 is 1.05 bits per heavy atom. The van der Waals surface area contributed by atoms with Gasteiger partial charge in [0.05, 0.1) is 29.4 Å². The summed E-state index contributed by atoms with van der Waals surface area (Å²) in [6.07, 6.45) is 6.70. The first-order valence-electron chi connectivity index (χ1n) is 15.3. The Hall–Kier alpha value is -4.21. The van der Waals surface area contributed by atoms with E-state index in [0.717, 1.165) is 73.7 Å². The van der Waals surface area contributed by atoms with E-state index in [1.54, 1.807) is 0 Å². The summed E-state index contributed by atoms with van der Waals surface area (Å²) in [4.78, 5) is 42.3. The van der Waals surface area contributed by atoms with Gasteiger partial charge >= 0.3 is 0 Å². The molecule has 7 rings (SSSR count). The quantitative estimate of drug-likeness (QED) is 0.258. The molecule has 2 amide bonds. The maximum Gasteiger partial charge on any atom is 0.274 e. The SMILES string of the molecule is Cc1cc2c(cc1OCCCN1CCN(C(=O)c3nc(-c4ccc(Cl)cc4)n4ccccc34)CC1)N=C[C@@H]1CCCN1C2=O. The van der Waals surface area contributed by atoms with Gasteiger partial charge in [0, 0.05) is 68.3 Å². The Kier molecular flexibility index (Phi) is 7.82. The molecule has 3 aliphatic heterocycles. The van der Waals surface area contributed by atoms with E-state index in [-0.39, 0.29) is 17.9 Å². The van der Waals surface area contributed by atoms with Gasteiger partial charge in [-0.1, -0.05) is 17.7 Å². The van der Waals surface area contributed by atoms with E-state index < -0.39 is 0 Å². The van der Waals surface area contributed by atoms with Crippen molar-refractivity contribution in [2.45, 2.75) is 32.2 Å². The Balaban J connectivity index is 0.937. The van der Waals surface area contributed by atoms with E-state index >= 15 is 0 Å². The molecule has 2 aromatic heterocycles. The van der Waals surface area contributed by atoms with E-state index in [1.165, 1.54) is 0 Å². The second-order valence-electron chi connectivity index (χ2n) is 11.7. The van der Waals surface area contributed by atoms with Crippen LogP contribution < -0.4 is 4.74 Å².